The van der Waals surface area contributed by atoms with E-state index in [0.717, 1.165) is 18.4 Å². The normalized spacial score (nSPS) is 16.5. The molecule has 1 aliphatic carbocycles. The summed E-state index contributed by atoms with van der Waals surface area (Å²) >= 11 is 6.15. The number of aromatic nitrogens is 1. The van der Waals surface area contributed by atoms with E-state index in [4.69, 9.17) is 21.4 Å². The van der Waals surface area contributed by atoms with E-state index in [1.807, 2.05) is 4.90 Å². The lowest BCUT2D eigenvalue weighted by atomic mass is 10.0. The topological polar surface area (TPSA) is 91.8 Å². The van der Waals surface area contributed by atoms with Gasteiger partial charge in [0.1, 0.15) is 23.5 Å². The molecule has 1 saturated carbocycles. The molecule has 2 heterocycles. The fraction of sp³-hybridized carbons (Fsp3) is 0.240. The van der Waals surface area contributed by atoms with Gasteiger partial charge in [0.2, 0.25) is 0 Å². The molecule has 1 amide bonds. The van der Waals surface area contributed by atoms with Crippen molar-refractivity contribution >= 4 is 29.3 Å². The number of ether oxygens (including phenoxy) is 1. The molecule has 0 radical (unpaired) electrons. The number of halogens is 2. The highest BCUT2D eigenvalue weighted by Gasteiger charge is 2.46. The zero-order valence-electron chi connectivity index (χ0n) is 18.0. The van der Waals surface area contributed by atoms with E-state index in [1.54, 1.807) is 30.3 Å². The van der Waals surface area contributed by atoms with E-state index in [-0.39, 0.29) is 23.4 Å². The van der Waals surface area contributed by atoms with Crippen molar-refractivity contribution in [1.82, 2.24) is 10.3 Å². The molecule has 7 nitrogen and oxygen atoms in total. The number of rotatable bonds is 7. The Hall–Kier alpha value is -3.65. The van der Waals surface area contributed by atoms with Crippen LogP contribution in [0.5, 0.6) is 5.75 Å². The number of carbonyl (C=O) groups is 2. The van der Waals surface area contributed by atoms with Gasteiger partial charge in [-0.15, -0.1) is 0 Å². The van der Waals surface area contributed by atoms with Gasteiger partial charge in [0, 0.05) is 6.20 Å². The number of pyridine rings is 1. The Morgan fingerprint density at radius 2 is 1.79 bits per heavy atom. The Kier molecular flexibility index (Phi) is 5.61. The fourth-order valence-corrected chi connectivity index (χ4v) is 4.23. The molecule has 2 fully saturated rings. The van der Waals surface area contributed by atoms with Crippen LogP contribution in [-0.4, -0.2) is 41.2 Å². The standard InChI is InChI=1S/C25H21ClFN3O4/c26-17-11-21(23(31)29-25(9-10-25)16-3-1-15(2-4-16)24(32)33)22(28-12-17)30-13-20(14-30)34-19-7-5-18(27)6-8-19/h1-8,11-12,20H,9-10,13-14H2,(H,29,31)(H,32,33). The van der Waals surface area contributed by atoms with Crippen molar-refractivity contribution in [1.29, 1.82) is 0 Å². The van der Waals surface area contributed by atoms with Crippen LogP contribution < -0.4 is 15.0 Å². The number of anilines is 1. The van der Waals surface area contributed by atoms with E-state index >= 15 is 0 Å². The van der Waals surface area contributed by atoms with Gasteiger partial charge in [-0.05, 0) is 60.9 Å². The Labute approximate surface area is 200 Å². The van der Waals surface area contributed by atoms with Crippen molar-refractivity contribution in [2.24, 2.45) is 0 Å². The number of carboxylic acid groups (broad SMARTS) is 1. The average molecular weight is 482 g/mol. The summed E-state index contributed by atoms with van der Waals surface area (Å²) in [5, 5.41) is 12.6. The molecule has 3 aromatic rings. The monoisotopic (exact) mass is 481 g/mol. The lowest BCUT2D eigenvalue weighted by Crippen LogP contribution is -2.55. The summed E-state index contributed by atoms with van der Waals surface area (Å²) in [7, 11) is 0. The van der Waals surface area contributed by atoms with Crippen LogP contribution in [0.1, 0.15) is 39.1 Å². The number of benzene rings is 2. The Morgan fingerprint density at radius 3 is 2.41 bits per heavy atom. The van der Waals surface area contributed by atoms with Crippen molar-refractivity contribution in [3.05, 3.63) is 88.3 Å². The first-order valence-electron chi connectivity index (χ1n) is 10.8. The fourth-order valence-electron chi connectivity index (χ4n) is 4.07. The zero-order valence-corrected chi connectivity index (χ0v) is 18.8. The van der Waals surface area contributed by atoms with E-state index in [1.165, 1.54) is 30.5 Å². The molecule has 34 heavy (non-hydrogen) atoms. The third-order valence-electron chi connectivity index (χ3n) is 6.13. The maximum atomic E-state index is 13.3. The van der Waals surface area contributed by atoms with Crippen LogP contribution in [0.3, 0.4) is 0 Å². The van der Waals surface area contributed by atoms with Crippen LogP contribution in [0.4, 0.5) is 10.2 Å². The molecular weight excluding hydrogens is 461 g/mol. The van der Waals surface area contributed by atoms with Crippen LogP contribution in [0.15, 0.2) is 60.8 Å². The number of hydrogen-bond donors (Lipinski definition) is 2. The van der Waals surface area contributed by atoms with Crippen LogP contribution in [0.25, 0.3) is 0 Å². The summed E-state index contributed by atoms with van der Waals surface area (Å²) < 4.78 is 18.9. The molecule has 9 heteroatoms. The smallest absolute Gasteiger partial charge is 0.335 e. The van der Waals surface area contributed by atoms with E-state index in [2.05, 4.69) is 10.3 Å². The minimum absolute atomic E-state index is 0.110. The minimum Gasteiger partial charge on any atom is -0.487 e. The second-order valence-corrected chi connectivity index (χ2v) is 8.98. The van der Waals surface area contributed by atoms with Crippen LogP contribution in [0, 0.1) is 5.82 Å². The molecule has 2 aromatic carbocycles. The lowest BCUT2D eigenvalue weighted by Gasteiger charge is -2.40. The van der Waals surface area contributed by atoms with Gasteiger partial charge >= 0.3 is 5.97 Å². The number of nitrogens with one attached hydrogen (secondary N) is 1. The molecule has 1 saturated heterocycles. The third kappa shape index (κ3) is 4.41. The van der Waals surface area contributed by atoms with E-state index in [0.29, 0.717) is 35.2 Å². The first-order chi connectivity index (χ1) is 16.3. The van der Waals surface area contributed by atoms with Gasteiger partial charge in [-0.1, -0.05) is 23.7 Å². The van der Waals surface area contributed by atoms with E-state index < -0.39 is 11.5 Å². The van der Waals surface area contributed by atoms with Crippen molar-refractivity contribution < 1.29 is 23.8 Å². The van der Waals surface area contributed by atoms with Gasteiger partial charge in [0.05, 0.1) is 34.8 Å². The Morgan fingerprint density at radius 1 is 1.12 bits per heavy atom. The molecule has 0 unspecified atom stereocenters. The van der Waals surface area contributed by atoms with Crippen molar-refractivity contribution in [2.45, 2.75) is 24.5 Å². The molecule has 2 aliphatic rings. The quantitative estimate of drug-likeness (QED) is 0.524. The predicted octanol–water partition coefficient (Wildman–Crippen LogP) is 4.26. The Balaban J connectivity index is 1.29. The molecule has 0 atom stereocenters. The maximum Gasteiger partial charge on any atom is 0.335 e. The summed E-state index contributed by atoms with van der Waals surface area (Å²) in [5.74, 6) is -0.524. The molecule has 1 aromatic heterocycles. The van der Waals surface area contributed by atoms with Crippen LogP contribution in [-0.2, 0) is 5.54 Å². The van der Waals surface area contributed by atoms with Gasteiger partial charge in [0.25, 0.3) is 5.91 Å². The summed E-state index contributed by atoms with van der Waals surface area (Å²) in [6, 6.07) is 14.0. The second-order valence-electron chi connectivity index (χ2n) is 8.54. The molecule has 174 valence electrons. The van der Waals surface area contributed by atoms with Crippen molar-refractivity contribution in [3.8, 4) is 5.75 Å². The number of nitrogens with zero attached hydrogens (tertiary/aromatic N) is 2. The SMILES string of the molecule is O=C(O)c1ccc(C2(NC(=O)c3cc(Cl)cnc3N3CC(Oc4ccc(F)cc4)C3)CC2)cc1. The summed E-state index contributed by atoms with van der Waals surface area (Å²) in [5.41, 5.74) is 0.888. The first-order valence-corrected chi connectivity index (χ1v) is 11.2. The van der Waals surface area contributed by atoms with Gasteiger partial charge in [-0.3, -0.25) is 4.79 Å². The van der Waals surface area contributed by atoms with Gasteiger partial charge < -0.3 is 20.1 Å². The molecular formula is C25H21ClFN3O4. The largest absolute Gasteiger partial charge is 0.487 e. The molecule has 2 N–H and O–H groups in total. The van der Waals surface area contributed by atoms with Crippen LogP contribution in [0.2, 0.25) is 5.02 Å². The summed E-state index contributed by atoms with van der Waals surface area (Å²) in [4.78, 5) is 30.7. The Bertz CT molecular complexity index is 1240. The lowest BCUT2D eigenvalue weighted by molar-refractivity contribution is 0.0696. The van der Waals surface area contributed by atoms with Crippen LogP contribution >= 0.6 is 11.6 Å². The summed E-state index contributed by atoms with van der Waals surface area (Å²) in [6.07, 6.45) is 2.90. The number of amides is 1. The highest BCUT2D eigenvalue weighted by Crippen LogP contribution is 2.46. The molecule has 0 spiro atoms. The number of carboxylic acids is 1. The average Bonchev–Trinajstić information content (AvgIpc) is 3.58. The van der Waals surface area contributed by atoms with Crippen molar-refractivity contribution in [3.63, 3.8) is 0 Å². The maximum absolute atomic E-state index is 13.3. The van der Waals surface area contributed by atoms with Gasteiger partial charge in [0.15, 0.2) is 0 Å². The molecule has 5 rings (SSSR count). The van der Waals surface area contributed by atoms with Gasteiger partial charge in [-0.2, -0.15) is 0 Å². The highest BCUT2D eigenvalue weighted by molar-refractivity contribution is 6.31. The number of hydrogen-bond acceptors (Lipinski definition) is 5. The van der Waals surface area contributed by atoms with Gasteiger partial charge in [-0.25, -0.2) is 14.2 Å². The third-order valence-corrected chi connectivity index (χ3v) is 6.34. The first kappa shape index (κ1) is 22.2. The highest BCUT2D eigenvalue weighted by atomic mass is 35.5. The van der Waals surface area contributed by atoms with Crippen molar-refractivity contribution in [2.75, 3.05) is 18.0 Å². The summed E-state index contributed by atoms with van der Waals surface area (Å²) in [6.45, 7) is 1.04. The molecule has 0 bridgehead atoms. The minimum atomic E-state index is -0.994. The molecule has 1 aliphatic heterocycles. The number of aromatic carboxylic acids is 1. The predicted molar refractivity (Wildman–Crippen MR) is 124 cm³/mol. The van der Waals surface area contributed by atoms with E-state index in [9.17, 15) is 14.0 Å². The zero-order chi connectivity index (χ0) is 23.9. The number of carbonyl (C=O) groups excluding carboxylic acids is 1. The second kappa shape index (κ2) is 8.61.